The zero-order chi connectivity index (χ0) is 11.4. The van der Waals surface area contributed by atoms with Crippen molar-refractivity contribution in [3.05, 3.63) is 30.4 Å². The molecule has 0 bridgehead atoms. The van der Waals surface area contributed by atoms with Gasteiger partial charge in [0.2, 0.25) is 0 Å². The second-order valence-corrected chi connectivity index (χ2v) is 3.15. The van der Waals surface area contributed by atoms with E-state index in [4.69, 9.17) is 6.42 Å². The van der Waals surface area contributed by atoms with Crippen LogP contribution < -0.4 is 0 Å². The molecule has 0 saturated carbocycles. The first kappa shape index (κ1) is 10.3. The van der Waals surface area contributed by atoms with Crippen molar-refractivity contribution in [3.63, 3.8) is 0 Å². The van der Waals surface area contributed by atoms with E-state index in [1.54, 1.807) is 29.5 Å². The highest BCUT2D eigenvalue weighted by molar-refractivity contribution is 5.56. The minimum Gasteiger partial charge on any atom is -0.392 e. The average molecular weight is 214 g/mol. The highest BCUT2D eigenvalue weighted by atomic mass is 16.3. The third kappa shape index (κ3) is 1.92. The molecule has 2 aromatic heterocycles. The van der Waals surface area contributed by atoms with Gasteiger partial charge in [-0.1, -0.05) is 5.92 Å². The molecule has 0 saturated heterocycles. The van der Waals surface area contributed by atoms with Crippen molar-refractivity contribution in [3.8, 4) is 23.7 Å². The van der Waals surface area contributed by atoms with Crippen molar-refractivity contribution in [1.29, 1.82) is 0 Å². The lowest BCUT2D eigenvalue weighted by Crippen LogP contribution is -1.96. The molecule has 0 atom stereocenters. The Morgan fingerprint density at radius 2 is 2.31 bits per heavy atom. The van der Waals surface area contributed by atoms with Crippen LogP contribution in [0.3, 0.4) is 0 Å². The molecule has 5 nitrogen and oxygen atoms in total. The Morgan fingerprint density at radius 3 is 2.94 bits per heavy atom. The van der Waals surface area contributed by atoms with E-state index in [1.165, 1.54) is 0 Å². The summed E-state index contributed by atoms with van der Waals surface area (Å²) < 4.78 is 1.59. The maximum absolute atomic E-state index is 9.21. The molecule has 0 radical (unpaired) electrons. The fourth-order valence-electron chi connectivity index (χ4n) is 1.39. The van der Waals surface area contributed by atoms with Crippen molar-refractivity contribution < 1.29 is 5.11 Å². The lowest BCUT2D eigenvalue weighted by molar-refractivity contribution is 0.282. The number of nitrogens with zero attached hydrogens (tertiary/aromatic N) is 4. The van der Waals surface area contributed by atoms with E-state index in [2.05, 4.69) is 21.0 Å². The molecule has 0 unspecified atom stereocenters. The minimum atomic E-state index is -0.101. The van der Waals surface area contributed by atoms with Crippen LogP contribution in [0.5, 0.6) is 0 Å². The molecule has 80 valence electrons. The number of hydrogen-bond acceptors (Lipinski definition) is 4. The largest absolute Gasteiger partial charge is 0.392 e. The summed E-state index contributed by atoms with van der Waals surface area (Å²) in [5.74, 6) is 2.48. The Hall–Kier alpha value is -2.19. The van der Waals surface area contributed by atoms with Crippen LogP contribution in [0.15, 0.2) is 24.8 Å². The van der Waals surface area contributed by atoms with Crippen LogP contribution in [0, 0.1) is 12.3 Å². The lowest BCUT2D eigenvalue weighted by Gasteiger charge is -1.96. The maximum Gasteiger partial charge on any atom is 0.118 e. The summed E-state index contributed by atoms with van der Waals surface area (Å²) in [6.45, 7) is 0.268. The van der Waals surface area contributed by atoms with Gasteiger partial charge < -0.3 is 5.11 Å². The summed E-state index contributed by atoms with van der Waals surface area (Å²) in [7, 11) is 0. The van der Waals surface area contributed by atoms with Crippen molar-refractivity contribution >= 4 is 0 Å². The first-order valence-electron chi connectivity index (χ1n) is 4.72. The summed E-state index contributed by atoms with van der Waals surface area (Å²) in [6, 6.07) is 0. The van der Waals surface area contributed by atoms with Gasteiger partial charge in [-0.25, -0.2) is 0 Å². The highest BCUT2D eigenvalue weighted by Gasteiger charge is 2.11. The van der Waals surface area contributed by atoms with Gasteiger partial charge >= 0.3 is 0 Å². The van der Waals surface area contributed by atoms with Crippen molar-refractivity contribution in [2.24, 2.45) is 0 Å². The third-order valence-corrected chi connectivity index (χ3v) is 2.07. The van der Waals surface area contributed by atoms with Crippen LogP contribution in [0.4, 0.5) is 0 Å². The molecular formula is C11H10N4O. The molecule has 2 aromatic rings. The summed E-state index contributed by atoms with van der Waals surface area (Å²) in [4.78, 5) is 8.09. The van der Waals surface area contributed by atoms with Gasteiger partial charge in [0.15, 0.2) is 0 Å². The molecule has 16 heavy (non-hydrogen) atoms. The first-order valence-corrected chi connectivity index (χ1v) is 4.72. The predicted octanol–water partition coefficient (Wildman–Crippen LogP) is 0.466. The molecule has 5 heteroatoms. The Bertz CT molecular complexity index is 513. The van der Waals surface area contributed by atoms with Crippen LogP contribution in [-0.4, -0.2) is 24.9 Å². The number of hydrogen-bond donors (Lipinski definition) is 1. The monoisotopic (exact) mass is 214 g/mol. The highest BCUT2D eigenvalue weighted by Crippen LogP contribution is 2.18. The Labute approximate surface area is 92.8 Å². The Kier molecular flexibility index (Phi) is 2.94. The molecule has 0 aromatic carbocycles. The number of aliphatic hydroxyl groups excluding tert-OH is 1. The van der Waals surface area contributed by atoms with Crippen molar-refractivity contribution in [1.82, 2.24) is 19.7 Å². The van der Waals surface area contributed by atoms with Gasteiger partial charge in [0.1, 0.15) is 17.9 Å². The molecule has 0 aliphatic rings. The number of aliphatic hydroxyl groups is 1. The van der Waals surface area contributed by atoms with Crippen LogP contribution in [0.1, 0.15) is 5.56 Å². The van der Waals surface area contributed by atoms with Crippen LogP contribution >= 0.6 is 0 Å². The molecule has 0 spiro atoms. The van der Waals surface area contributed by atoms with E-state index >= 15 is 0 Å². The summed E-state index contributed by atoms with van der Waals surface area (Å²) >= 11 is 0. The third-order valence-electron chi connectivity index (χ3n) is 2.07. The van der Waals surface area contributed by atoms with Gasteiger partial charge in [-0.15, -0.1) is 6.42 Å². The quantitative estimate of drug-likeness (QED) is 0.754. The van der Waals surface area contributed by atoms with Gasteiger partial charge in [0, 0.05) is 24.2 Å². The van der Waals surface area contributed by atoms with E-state index in [1.807, 2.05) is 0 Å². The molecule has 0 aliphatic carbocycles. The molecule has 1 N–H and O–H groups in total. The van der Waals surface area contributed by atoms with Gasteiger partial charge in [0.05, 0.1) is 12.8 Å². The summed E-state index contributed by atoms with van der Waals surface area (Å²) in [5.41, 5.74) is 1.93. The Balaban J connectivity index is 2.44. The molecule has 0 fully saturated rings. The molecule has 2 heterocycles. The van der Waals surface area contributed by atoms with Crippen LogP contribution in [-0.2, 0) is 13.2 Å². The van der Waals surface area contributed by atoms with E-state index in [0.717, 1.165) is 0 Å². The average Bonchev–Trinajstić information content (AvgIpc) is 2.74. The predicted molar refractivity (Wildman–Crippen MR) is 58.0 cm³/mol. The first-order chi connectivity index (χ1) is 7.85. The van der Waals surface area contributed by atoms with Crippen molar-refractivity contribution in [2.45, 2.75) is 13.2 Å². The van der Waals surface area contributed by atoms with Gasteiger partial charge in [-0.05, 0) is 0 Å². The topological polar surface area (TPSA) is 63.8 Å². The lowest BCUT2D eigenvalue weighted by atomic mass is 10.2. The zero-order valence-corrected chi connectivity index (χ0v) is 8.54. The fourth-order valence-corrected chi connectivity index (χ4v) is 1.39. The smallest absolute Gasteiger partial charge is 0.118 e. The van der Waals surface area contributed by atoms with Crippen LogP contribution in [0.25, 0.3) is 11.4 Å². The van der Waals surface area contributed by atoms with Gasteiger partial charge in [-0.3, -0.25) is 14.6 Å². The Morgan fingerprint density at radius 1 is 1.44 bits per heavy atom. The molecular weight excluding hydrogens is 204 g/mol. The fraction of sp³-hybridized carbons (Fsp3) is 0.182. The SMILES string of the molecule is C#CCn1cc(CO)c(-c2cnccn2)n1. The number of terminal acetylenes is 1. The molecule has 0 amide bonds. The number of rotatable bonds is 3. The molecule has 0 aliphatic heterocycles. The standard InChI is InChI=1S/C11H10N4O/c1-2-5-15-7-9(8-16)11(14-15)10-6-12-3-4-13-10/h1,3-4,6-7,16H,5,8H2. The van der Waals surface area contributed by atoms with E-state index in [0.29, 0.717) is 23.5 Å². The molecule has 2 rings (SSSR count). The minimum absolute atomic E-state index is 0.101. The van der Waals surface area contributed by atoms with E-state index in [-0.39, 0.29) is 6.61 Å². The van der Waals surface area contributed by atoms with E-state index < -0.39 is 0 Å². The van der Waals surface area contributed by atoms with Gasteiger partial charge in [0.25, 0.3) is 0 Å². The number of aromatic nitrogens is 4. The second kappa shape index (κ2) is 4.55. The zero-order valence-electron chi connectivity index (χ0n) is 8.54. The summed E-state index contributed by atoms with van der Waals surface area (Å²) in [6.07, 6.45) is 11.7. The summed E-state index contributed by atoms with van der Waals surface area (Å²) in [5, 5.41) is 13.5. The van der Waals surface area contributed by atoms with E-state index in [9.17, 15) is 5.11 Å². The van der Waals surface area contributed by atoms with Gasteiger partial charge in [-0.2, -0.15) is 5.10 Å². The second-order valence-electron chi connectivity index (χ2n) is 3.15. The van der Waals surface area contributed by atoms with Crippen LogP contribution in [0.2, 0.25) is 0 Å². The maximum atomic E-state index is 9.21. The normalized spacial score (nSPS) is 10.0. The van der Waals surface area contributed by atoms with Crippen molar-refractivity contribution in [2.75, 3.05) is 0 Å².